The number of anilines is 2. The van der Waals surface area contributed by atoms with Gasteiger partial charge in [0.2, 0.25) is 0 Å². The molecule has 0 aliphatic heterocycles. The van der Waals surface area contributed by atoms with Crippen molar-refractivity contribution < 1.29 is 13.2 Å². The Morgan fingerprint density at radius 3 is 2.37 bits per heavy atom. The maximum absolute atomic E-state index is 12.5. The van der Waals surface area contributed by atoms with E-state index >= 15 is 0 Å². The SMILES string of the molecule is Cc1ccc(NC(=O)c2cccc(NS(=O)(=O)c3ccccc3)c2)c(Cl)c1. The van der Waals surface area contributed by atoms with Crippen LogP contribution in [0, 0.1) is 6.92 Å². The second-order valence-electron chi connectivity index (χ2n) is 5.94. The molecular formula is C20H17ClN2O3S. The van der Waals surface area contributed by atoms with Gasteiger partial charge in [-0.1, -0.05) is 41.9 Å². The summed E-state index contributed by atoms with van der Waals surface area (Å²) in [6, 6.07) is 19.6. The number of halogens is 1. The smallest absolute Gasteiger partial charge is 0.261 e. The van der Waals surface area contributed by atoms with E-state index in [2.05, 4.69) is 10.0 Å². The molecule has 0 spiro atoms. The van der Waals surface area contributed by atoms with Gasteiger partial charge in [-0.2, -0.15) is 0 Å². The fourth-order valence-corrected chi connectivity index (χ4v) is 3.81. The zero-order valence-electron chi connectivity index (χ0n) is 14.4. The van der Waals surface area contributed by atoms with E-state index in [1.54, 1.807) is 48.5 Å². The number of nitrogens with one attached hydrogen (secondary N) is 2. The lowest BCUT2D eigenvalue weighted by Gasteiger charge is -2.11. The molecule has 0 aromatic heterocycles. The Morgan fingerprint density at radius 1 is 0.926 bits per heavy atom. The molecule has 3 aromatic rings. The lowest BCUT2D eigenvalue weighted by atomic mass is 10.1. The standard InChI is InChI=1S/C20H17ClN2O3S/c1-14-10-11-19(18(21)12-14)22-20(24)15-6-5-7-16(13-15)23-27(25,26)17-8-3-2-4-9-17/h2-13,23H,1H3,(H,22,24). The molecule has 3 aromatic carbocycles. The van der Waals surface area contributed by atoms with Gasteiger partial charge in [-0.25, -0.2) is 8.42 Å². The fraction of sp³-hybridized carbons (Fsp3) is 0.0500. The third kappa shape index (κ3) is 4.67. The van der Waals surface area contributed by atoms with Gasteiger partial charge in [-0.3, -0.25) is 9.52 Å². The number of amides is 1. The van der Waals surface area contributed by atoms with Gasteiger partial charge in [0.05, 0.1) is 15.6 Å². The highest BCUT2D eigenvalue weighted by molar-refractivity contribution is 7.92. The van der Waals surface area contributed by atoms with Crippen LogP contribution in [0.3, 0.4) is 0 Å². The summed E-state index contributed by atoms with van der Waals surface area (Å²) >= 11 is 6.14. The van der Waals surface area contributed by atoms with Gasteiger partial charge in [0, 0.05) is 11.3 Å². The number of aryl methyl sites for hydroxylation is 1. The predicted octanol–water partition coefficient (Wildman–Crippen LogP) is 4.70. The number of carbonyl (C=O) groups excluding carboxylic acids is 1. The first-order chi connectivity index (χ1) is 12.8. The van der Waals surface area contributed by atoms with E-state index in [9.17, 15) is 13.2 Å². The van der Waals surface area contributed by atoms with Crippen LogP contribution in [0.2, 0.25) is 5.02 Å². The molecule has 0 saturated heterocycles. The van der Waals surface area contributed by atoms with Crippen molar-refractivity contribution >= 4 is 38.9 Å². The molecule has 138 valence electrons. The van der Waals surface area contributed by atoms with Crippen LogP contribution in [0.4, 0.5) is 11.4 Å². The molecule has 0 radical (unpaired) electrons. The van der Waals surface area contributed by atoms with Crippen LogP contribution in [-0.2, 0) is 10.0 Å². The van der Waals surface area contributed by atoms with Gasteiger partial charge in [0.15, 0.2) is 0 Å². The Morgan fingerprint density at radius 2 is 1.67 bits per heavy atom. The van der Waals surface area contributed by atoms with Crippen LogP contribution >= 0.6 is 11.6 Å². The third-order valence-electron chi connectivity index (χ3n) is 3.80. The molecular weight excluding hydrogens is 384 g/mol. The highest BCUT2D eigenvalue weighted by Gasteiger charge is 2.15. The number of hydrogen-bond acceptors (Lipinski definition) is 3. The van der Waals surface area contributed by atoms with Gasteiger partial charge in [0.1, 0.15) is 0 Å². The first kappa shape index (κ1) is 18.9. The molecule has 0 atom stereocenters. The Balaban J connectivity index is 1.80. The number of carbonyl (C=O) groups is 1. The Kier molecular flexibility index (Phi) is 5.48. The van der Waals surface area contributed by atoms with Crippen LogP contribution in [0.1, 0.15) is 15.9 Å². The summed E-state index contributed by atoms with van der Waals surface area (Å²) in [7, 11) is -3.73. The minimum atomic E-state index is -3.73. The summed E-state index contributed by atoms with van der Waals surface area (Å²) < 4.78 is 27.3. The van der Waals surface area contributed by atoms with E-state index in [1.165, 1.54) is 18.2 Å². The Hall–Kier alpha value is -2.83. The van der Waals surface area contributed by atoms with Crippen LogP contribution in [0.15, 0.2) is 77.7 Å². The van der Waals surface area contributed by atoms with Crippen molar-refractivity contribution in [3.63, 3.8) is 0 Å². The molecule has 0 heterocycles. The second-order valence-corrected chi connectivity index (χ2v) is 8.03. The van der Waals surface area contributed by atoms with Gasteiger partial charge in [-0.15, -0.1) is 0 Å². The van der Waals surface area contributed by atoms with Gasteiger partial charge < -0.3 is 5.32 Å². The topological polar surface area (TPSA) is 75.3 Å². The number of benzene rings is 3. The first-order valence-electron chi connectivity index (χ1n) is 8.10. The summed E-state index contributed by atoms with van der Waals surface area (Å²) in [5.41, 5.74) is 2.07. The van der Waals surface area contributed by atoms with Crippen molar-refractivity contribution in [3.05, 3.63) is 88.9 Å². The van der Waals surface area contributed by atoms with Crippen molar-refractivity contribution in [1.82, 2.24) is 0 Å². The van der Waals surface area contributed by atoms with Gasteiger partial charge in [0.25, 0.3) is 15.9 Å². The number of rotatable bonds is 5. The van der Waals surface area contributed by atoms with Crippen LogP contribution in [-0.4, -0.2) is 14.3 Å². The summed E-state index contributed by atoms with van der Waals surface area (Å²) in [6.45, 7) is 1.90. The largest absolute Gasteiger partial charge is 0.321 e. The lowest BCUT2D eigenvalue weighted by Crippen LogP contribution is -2.15. The second kappa shape index (κ2) is 7.82. The van der Waals surface area contributed by atoms with Crippen molar-refractivity contribution in [3.8, 4) is 0 Å². The number of sulfonamides is 1. The molecule has 5 nitrogen and oxygen atoms in total. The van der Waals surface area contributed by atoms with Gasteiger partial charge >= 0.3 is 0 Å². The third-order valence-corrected chi connectivity index (χ3v) is 5.51. The Bertz CT molecular complexity index is 1080. The maximum atomic E-state index is 12.5. The quantitative estimate of drug-likeness (QED) is 0.651. The van der Waals surface area contributed by atoms with Crippen molar-refractivity contribution in [2.45, 2.75) is 11.8 Å². The molecule has 1 amide bonds. The van der Waals surface area contributed by atoms with E-state index in [1.807, 2.05) is 13.0 Å². The normalized spacial score (nSPS) is 11.0. The molecule has 0 unspecified atom stereocenters. The zero-order valence-corrected chi connectivity index (χ0v) is 16.0. The molecule has 7 heteroatoms. The summed E-state index contributed by atoms with van der Waals surface area (Å²) in [4.78, 5) is 12.6. The van der Waals surface area contributed by atoms with E-state index in [-0.39, 0.29) is 10.8 Å². The summed E-state index contributed by atoms with van der Waals surface area (Å²) in [5, 5.41) is 3.16. The lowest BCUT2D eigenvalue weighted by molar-refractivity contribution is 0.102. The van der Waals surface area contributed by atoms with Crippen molar-refractivity contribution in [1.29, 1.82) is 0 Å². The molecule has 0 fully saturated rings. The molecule has 2 N–H and O–H groups in total. The Labute approximate surface area is 163 Å². The first-order valence-corrected chi connectivity index (χ1v) is 9.97. The predicted molar refractivity (Wildman–Crippen MR) is 108 cm³/mol. The van der Waals surface area contributed by atoms with Crippen LogP contribution < -0.4 is 10.0 Å². The van der Waals surface area contributed by atoms with Gasteiger partial charge in [-0.05, 0) is 55.0 Å². The molecule has 0 saturated carbocycles. The van der Waals surface area contributed by atoms with E-state index in [4.69, 9.17) is 11.6 Å². The highest BCUT2D eigenvalue weighted by Crippen LogP contribution is 2.24. The van der Waals surface area contributed by atoms with E-state index in [0.717, 1.165) is 5.56 Å². The molecule has 27 heavy (non-hydrogen) atoms. The average Bonchev–Trinajstić information content (AvgIpc) is 2.64. The van der Waals surface area contributed by atoms with E-state index < -0.39 is 10.0 Å². The molecule has 0 aliphatic carbocycles. The highest BCUT2D eigenvalue weighted by atomic mass is 35.5. The van der Waals surface area contributed by atoms with Crippen LogP contribution in [0.5, 0.6) is 0 Å². The van der Waals surface area contributed by atoms with E-state index in [0.29, 0.717) is 22.0 Å². The molecule has 0 aliphatic rings. The minimum absolute atomic E-state index is 0.145. The summed E-state index contributed by atoms with van der Waals surface area (Å²) in [6.07, 6.45) is 0. The minimum Gasteiger partial charge on any atom is -0.321 e. The molecule has 0 bridgehead atoms. The fourth-order valence-electron chi connectivity index (χ4n) is 2.45. The monoisotopic (exact) mass is 400 g/mol. The van der Waals surface area contributed by atoms with Crippen LogP contribution in [0.25, 0.3) is 0 Å². The number of hydrogen-bond donors (Lipinski definition) is 2. The average molecular weight is 401 g/mol. The van der Waals surface area contributed by atoms with Crippen molar-refractivity contribution in [2.75, 3.05) is 10.0 Å². The van der Waals surface area contributed by atoms with Crippen molar-refractivity contribution in [2.24, 2.45) is 0 Å². The maximum Gasteiger partial charge on any atom is 0.261 e. The zero-order chi connectivity index (χ0) is 19.4. The molecule has 3 rings (SSSR count). The summed E-state index contributed by atoms with van der Waals surface area (Å²) in [5.74, 6) is -0.387.